The molecule has 1 aromatic carbocycles. The highest BCUT2D eigenvalue weighted by molar-refractivity contribution is 6.05. The van der Waals surface area contributed by atoms with Gasteiger partial charge in [0.05, 0.1) is 16.2 Å². The van der Waals surface area contributed by atoms with Gasteiger partial charge >= 0.3 is 5.97 Å². The largest absolute Gasteiger partial charge is 0.451 e. The second-order valence-electron chi connectivity index (χ2n) is 6.30. The van der Waals surface area contributed by atoms with Gasteiger partial charge in [-0.3, -0.25) is 19.7 Å². The highest BCUT2D eigenvalue weighted by Gasteiger charge is 2.27. The van der Waals surface area contributed by atoms with Crippen LogP contribution in [0.4, 0.5) is 5.69 Å². The Hall–Kier alpha value is -3.29. The third kappa shape index (κ3) is 3.79. The number of Topliss-reactive ketones (excluding diaryl/α,β-unsaturated/α-hetero) is 2. The Kier molecular flexibility index (Phi) is 5.58. The first-order chi connectivity index (χ1) is 12.6. The van der Waals surface area contributed by atoms with Gasteiger partial charge in [0.25, 0.3) is 5.69 Å². The zero-order chi connectivity index (χ0) is 20.5. The number of aromatic amines is 1. The summed E-state index contributed by atoms with van der Waals surface area (Å²) in [4.78, 5) is 50.0. The lowest BCUT2D eigenvalue weighted by molar-refractivity contribution is -0.385. The highest BCUT2D eigenvalue weighted by atomic mass is 16.6. The molecular weight excluding hydrogens is 352 g/mol. The number of benzene rings is 1. The van der Waals surface area contributed by atoms with E-state index in [-0.39, 0.29) is 28.3 Å². The van der Waals surface area contributed by atoms with Crippen LogP contribution < -0.4 is 0 Å². The molecule has 8 nitrogen and oxygen atoms in total. The Morgan fingerprint density at radius 2 is 1.78 bits per heavy atom. The van der Waals surface area contributed by atoms with E-state index in [0.29, 0.717) is 16.8 Å². The van der Waals surface area contributed by atoms with Crippen LogP contribution in [-0.4, -0.2) is 33.5 Å². The molecule has 1 N–H and O–H groups in total. The van der Waals surface area contributed by atoms with Crippen LogP contribution >= 0.6 is 0 Å². The van der Waals surface area contributed by atoms with Crippen molar-refractivity contribution in [1.29, 1.82) is 0 Å². The van der Waals surface area contributed by atoms with Crippen LogP contribution in [0.3, 0.4) is 0 Å². The lowest BCUT2D eigenvalue weighted by Crippen LogP contribution is -2.25. The molecule has 27 heavy (non-hydrogen) atoms. The van der Waals surface area contributed by atoms with Crippen molar-refractivity contribution < 1.29 is 24.0 Å². The van der Waals surface area contributed by atoms with Gasteiger partial charge in [-0.25, -0.2) is 4.79 Å². The lowest BCUT2D eigenvalue weighted by atomic mass is 10.0. The van der Waals surface area contributed by atoms with Gasteiger partial charge in [0.1, 0.15) is 0 Å². The third-order valence-electron chi connectivity index (χ3n) is 4.41. The Labute approximate surface area is 155 Å². The smallest absolute Gasteiger partial charge is 0.339 e. The Morgan fingerprint density at radius 3 is 2.30 bits per heavy atom. The quantitative estimate of drug-likeness (QED) is 0.359. The van der Waals surface area contributed by atoms with Crippen molar-refractivity contribution >= 4 is 23.2 Å². The van der Waals surface area contributed by atoms with Crippen LogP contribution in [-0.2, 0) is 4.74 Å². The monoisotopic (exact) mass is 372 g/mol. The van der Waals surface area contributed by atoms with E-state index in [2.05, 4.69) is 4.98 Å². The molecule has 142 valence electrons. The van der Waals surface area contributed by atoms with Gasteiger partial charge in [0.15, 0.2) is 11.9 Å². The summed E-state index contributed by atoms with van der Waals surface area (Å²) in [5.41, 5.74) is 1.69. The maximum atomic E-state index is 12.7. The summed E-state index contributed by atoms with van der Waals surface area (Å²) in [5, 5.41) is 11.0. The van der Waals surface area contributed by atoms with Crippen LogP contribution in [0.15, 0.2) is 18.2 Å². The molecule has 0 saturated carbocycles. The number of carbonyl (C=O) groups excluding carboxylic acids is 3. The lowest BCUT2D eigenvalue weighted by Gasteiger charge is -2.13. The molecule has 0 aliphatic heterocycles. The number of carbonyl (C=O) groups is 3. The van der Waals surface area contributed by atoms with E-state index >= 15 is 0 Å². The summed E-state index contributed by atoms with van der Waals surface area (Å²) in [6, 6.07) is 4.07. The van der Waals surface area contributed by atoms with Crippen LogP contribution in [0.1, 0.15) is 61.9 Å². The average Bonchev–Trinajstić information content (AvgIpc) is 2.88. The summed E-state index contributed by atoms with van der Waals surface area (Å²) in [6.07, 6.45) is -1.13. The Morgan fingerprint density at radius 1 is 1.15 bits per heavy atom. The number of ether oxygens (including phenoxy) is 1. The van der Waals surface area contributed by atoms with Crippen LogP contribution in [0.5, 0.6) is 0 Å². The zero-order valence-corrected chi connectivity index (χ0v) is 15.7. The minimum absolute atomic E-state index is 0.0210. The molecule has 0 bridgehead atoms. The standard InChI is InChI=1S/C19H20N2O6/c1-9-14(7-6-8-15(9)21(25)26)19(24)27-13(5)18(23)17-10(2)16(12(4)22)11(3)20-17/h6-8,13,20H,1-5H3/t13-/m0/s1. The summed E-state index contributed by atoms with van der Waals surface area (Å²) in [5.74, 6) is -1.48. The minimum Gasteiger partial charge on any atom is -0.451 e. The van der Waals surface area contributed by atoms with Crippen molar-refractivity contribution in [3.05, 3.63) is 62.0 Å². The minimum atomic E-state index is -1.13. The fourth-order valence-electron chi connectivity index (χ4n) is 3.05. The number of aryl methyl sites for hydroxylation is 1. The number of esters is 1. The maximum Gasteiger partial charge on any atom is 0.339 e. The molecule has 0 aliphatic carbocycles. The van der Waals surface area contributed by atoms with E-state index in [1.165, 1.54) is 39.0 Å². The third-order valence-corrected chi connectivity index (χ3v) is 4.41. The Bertz CT molecular complexity index is 957. The molecule has 1 aromatic heterocycles. The highest BCUT2D eigenvalue weighted by Crippen LogP contribution is 2.23. The predicted octanol–water partition coefficient (Wildman–Crippen LogP) is 3.48. The number of H-pyrrole nitrogens is 1. The molecule has 0 amide bonds. The molecule has 0 radical (unpaired) electrons. The normalized spacial score (nSPS) is 11.7. The van der Waals surface area contributed by atoms with Crippen molar-refractivity contribution in [2.24, 2.45) is 0 Å². The zero-order valence-electron chi connectivity index (χ0n) is 15.7. The van der Waals surface area contributed by atoms with Crippen molar-refractivity contribution in [3.63, 3.8) is 0 Å². The molecule has 1 heterocycles. The molecule has 1 atom stereocenters. The van der Waals surface area contributed by atoms with Crippen LogP contribution in [0.2, 0.25) is 0 Å². The molecule has 2 aromatic rings. The predicted molar refractivity (Wildman–Crippen MR) is 97.3 cm³/mol. The van der Waals surface area contributed by atoms with Crippen molar-refractivity contribution in [3.8, 4) is 0 Å². The summed E-state index contributed by atoms with van der Waals surface area (Å²) in [6.45, 7) is 7.59. The van der Waals surface area contributed by atoms with Gasteiger partial charge in [-0.15, -0.1) is 0 Å². The average molecular weight is 372 g/mol. The van der Waals surface area contributed by atoms with Gasteiger partial charge in [0.2, 0.25) is 5.78 Å². The fourth-order valence-corrected chi connectivity index (χ4v) is 3.05. The number of hydrogen-bond donors (Lipinski definition) is 1. The number of nitrogens with zero attached hydrogens (tertiary/aromatic N) is 1. The van der Waals surface area contributed by atoms with E-state index in [1.54, 1.807) is 13.8 Å². The second kappa shape index (κ2) is 7.53. The molecule has 0 unspecified atom stereocenters. The number of nitrogens with one attached hydrogen (secondary N) is 1. The molecule has 0 fully saturated rings. The number of ketones is 2. The Balaban J connectivity index is 2.26. The van der Waals surface area contributed by atoms with Crippen molar-refractivity contribution in [2.45, 2.75) is 40.7 Å². The SMILES string of the molecule is CC(=O)c1c(C)[nH]c(C(=O)[C@H](C)OC(=O)c2cccc([N+](=O)[O-])c2C)c1C. The first kappa shape index (κ1) is 20.0. The molecule has 8 heteroatoms. The summed E-state index contributed by atoms with van der Waals surface area (Å²) < 4.78 is 5.22. The van der Waals surface area contributed by atoms with Gasteiger partial charge in [-0.1, -0.05) is 6.07 Å². The van der Waals surface area contributed by atoms with E-state index in [4.69, 9.17) is 4.74 Å². The number of nitro benzene ring substituents is 1. The number of nitro groups is 1. The first-order valence-electron chi connectivity index (χ1n) is 8.25. The molecule has 2 rings (SSSR count). The van der Waals surface area contributed by atoms with Gasteiger partial charge in [-0.05, 0) is 46.2 Å². The molecule has 0 saturated heterocycles. The number of rotatable bonds is 6. The van der Waals surface area contributed by atoms with Crippen LogP contribution in [0.25, 0.3) is 0 Å². The van der Waals surface area contributed by atoms with Gasteiger partial charge in [-0.2, -0.15) is 0 Å². The topological polar surface area (TPSA) is 119 Å². The number of aromatic nitrogens is 1. The molecule has 0 aliphatic rings. The summed E-state index contributed by atoms with van der Waals surface area (Å²) in [7, 11) is 0. The fraction of sp³-hybridized carbons (Fsp3) is 0.316. The van der Waals surface area contributed by atoms with Gasteiger partial charge in [0, 0.05) is 22.9 Å². The van der Waals surface area contributed by atoms with E-state index in [0.717, 1.165) is 0 Å². The number of hydrogen-bond acceptors (Lipinski definition) is 6. The first-order valence-corrected chi connectivity index (χ1v) is 8.25. The van der Waals surface area contributed by atoms with E-state index in [1.807, 2.05) is 0 Å². The van der Waals surface area contributed by atoms with Crippen LogP contribution in [0, 0.1) is 30.9 Å². The second-order valence-corrected chi connectivity index (χ2v) is 6.30. The van der Waals surface area contributed by atoms with Gasteiger partial charge < -0.3 is 9.72 Å². The molecular formula is C19H20N2O6. The van der Waals surface area contributed by atoms with E-state index in [9.17, 15) is 24.5 Å². The maximum absolute atomic E-state index is 12.7. The molecule has 0 spiro atoms. The van der Waals surface area contributed by atoms with E-state index < -0.39 is 22.8 Å². The van der Waals surface area contributed by atoms with Crippen molar-refractivity contribution in [2.75, 3.05) is 0 Å². The summed E-state index contributed by atoms with van der Waals surface area (Å²) >= 11 is 0. The van der Waals surface area contributed by atoms with Crippen molar-refractivity contribution in [1.82, 2.24) is 4.98 Å².